The van der Waals surface area contributed by atoms with E-state index in [9.17, 15) is 22.4 Å². The van der Waals surface area contributed by atoms with Crippen molar-refractivity contribution in [1.29, 1.82) is 0 Å². The molecule has 0 atom stereocenters. The Balaban J connectivity index is 2.61. The molecule has 0 radical (unpaired) electrons. The highest BCUT2D eigenvalue weighted by molar-refractivity contribution is 7.87. The van der Waals surface area contributed by atoms with E-state index in [1.54, 1.807) is 0 Å². The van der Waals surface area contributed by atoms with E-state index in [-0.39, 0.29) is 0 Å². The summed E-state index contributed by atoms with van der Waals surface area (Å²) in [6.07, 6.45) is 1.72. The van der Waals surface area contributed by atoms with Crippen LogP contribution in [0.25, 0.3) is 0 Å². The monoisotopic (exact) mass is 309 g/mol. The lowest BCUT2D eigenvalue weighted by atomic mass is 10.1. The fraction of sp³-hybridized carbons (Fsp3) is 0.417. The van der Waals surface area contributed by atoms with Gasteiger partial charge < -0.3 is 4.74 Å². The second-order valence-corrected chi connectivity index (χ2v) is 6.06. The van der Waals surface area contributed by atoms with Crippen LogP contribution in [0, 0.1) is 23.3 Å². The molecular weight excluding hydrogens is 298 g/mol. The third-order valence-electron chi connectivity index (χ3n) is 2.86. The number of esters is 1. The van der Waals surface area contributed by atoms with Gasteiger partial charge in [-0.15, -0.1) is 0 Å². The van der Waals surface area contributed by atoms with Crippen molar-refractivity contribution in [2.24, 2.45) is 4.36 Å². The fourth-order valence-electron chi connectivity index (χ4n) is 1.84. The lowest BCUT2D eigenvalue weighted by Gasteiger charge is -2.08. The van der Waals surface area contributed by atoms with Crippen molar-refractivity contribution in [3.63, 3.8) is 0 Å². The summed E-state index contributed by atoms with van der Waals surface area (Å²) in [6.45, 7) is 0. The SMILES string of the molecule is COC(=O)c1c(F)c(F)c(N=S2CCCC2)c(F)c1F. The number of ether oxygens (including phenoxy) is 1. The van der Waals surface area contributed by atoms with E-state index in [0.717, 1.165) is 20.0 Å². The molecule has 110 valence electrons. The maximum absolute atomic E-state index is 13.8. The van der Waals surface area contributed by atoms with Gasteiger partial charge in [0.25, 0.3) is 0 Å². The molecule has 1 aliphatic rings. The van der Waals surface area contributed by atoms with Crippen LogP contribution < -0.4 is 0 Å². The van der Waals surface area contributed by atoms with Crippen LogP contribution in [-0.2, 0) is 15.4 Å². The molecule has 0 bridgehead atoms. The highest BCUT2D eigenvalue weighted by Gasteiger charge is 2.30. The first-order valence-electron chi connectivity index (χ1n) is 5.81. The van der Waals surface area contributed by atoms with Crippen molar-refractivity contribution in [3.05, 3.63) is 28.8 Å². The zero-order valence-corrected chi connectivity index (χ0v) is 11.3. The van der Waals surface area contributed by atoms with Crippen LogP contribution in [0.15, 0.2) is 4.36 Å². The minimum atomic E-state index is -1.78. The topological polar surface area (TPSA) is 38.7 Å². The van der Waals surface area contributed by atoms with Crippen molar-refractivity contribution in [1.82, 2.24) is 0 Å². The maximum atomic E-state index is 13.8. The summed E-state index contributed by atoms with van der Waals surface area (Å²) in [4.78, 5) is 11.2. The third kappa shape index (κ3) is 2.56. The number of halogens is 4. The summed E-state index contributed by atoms with van der Waals surface area (Å²) in [7, 11) is 0.217. The summed E-state index contributed by atoms with van der Waals surface area (Å²) >= 11 is 0. The molecule has 0 saturated carbocycles. The van der Waals surface area contributed by atoms with Crippen molar-refractivity contribution in [2.45, 2.75) is 12.8 Å². The Morgan fingerprint density at radius 3 is 2.00 bits per heavy atom. The largest absolute Gasteiger partial charge is 0.465 e. The van der Waals surface area contributed by atoms with E-state index < -0.39 is 51.2 Å². The number of benzene rings is 1. The molecule has 0 aromatic heterocycles. The zero-order valence-electron chi connectivity index (χ0n) is 10.5. The lowest BCUT2D eigenvalue weighted by Crippen LogP contribution is -2.12. The Kier molecular flexibility index (Phi) is 4.42. The highest BCUT2D eigenvalue weighted by Crippen LogP contribution is 2.32. The average molecular weight is 309 g/mol. The fourth-order valence-corrected chi connectivity index (χ4v) is 3.72. The quantitative estimate of drug-likeness (QED) is 0.478. The number of hydrogen-bond donors (Lipinski definition) is 0. The Morgan fingerprint density at radius 1 is 1.05 bits per heavy atom. The standard InChI is InChI=1S/C12H11F4NO2S/c1-19-12(18)6-7(13)9(15)11(10(16)8(6)14)17-20-4-2-3-5-20/h2-5H2,1H3. The van der Waals surface area contributed by atoms with Crippen LogP contribution >= 0.6 is 0 Å². The van der Waals surface area contributed by atoms with Crippen LogP contribution in [0.2, 0.25) is 0 Å². The number of hydrogen-bond acceptors (Lipinski definition) is 3. The first-order valence-corrected chi connectivity index (χ1v) is 7.33. The summed E-state index contributed by atoms with van der Waals surface area (Å²) < 4.78 is 62.7. The van der Waals surface area contributed by atoms with Gasteiger partial charge >= 0.3 is 5.97 Å². The van der Waals surface area contributed by atoms with E-state index in [1.165, 1.54) is 0 Å². The molecule has 8 heteroatoms. The summed E-state index contributed by atoms with van der Waals surface area (Å²) in [6, 6.07) is 0. The van der Waals surface area contributed by atoms with Crippen molar-refractivity contribution < 1.29 is 27.1 Å². The molecule has 1 aromatic carbocycles. The summed E-state index contributed by atoms with van der Waals surface area (Å²) in [5, 5.41) is 0. The molecule has 0 amide bonds. The van der Waals surface area contributed by atoms with E-state index in [1.807, 2.05) is 0 Å². The molecule has 3 nitrogen and oxygen atoms in total. The second kappa shape index (κ2) is 5.90. The van der Waals surface area contributed by atoms with Crippen molar-refractivity contribution in [2.75, 3.05) is 18.6 Å². The van der Waals surface area contributed by atoms with E-state index in [2.05, 4.69) is 9.10 Å². The van der Waals surface area contributed by atoms with E-state index in [4.69, 9.17) is 0 Å². The lowest BCUT2D eigenvalue weighted by molar-refractivity contribution is 0.0587. The second-order valence-electron chi connectivity index (χ2n) is 4.14. The van der Waals surface area contributed by atoms with Gasteiger partial charge in [0.1, 0.15) is 11.3 Å². The first-order chi connectivity index (χ1) is 9.47. The number of rotatable bonds is 2. The Bertz CT molecular complexity index is 567. The molecule has 0 spiro atoms. The predicted molar refractivity (Wildman–Crippen MR) is 66.0 cm³/mol. The molecule has 1 saturated heterocycles. The molecule has 1 fully saturated rings. The van der Waals surface area contributed by atoms with Crippen molar-refractivity contribution >= 4 is 22.3 Å². The van der Waals surface area contributed by atoms with Crippen LogP contribution in [0.4, 0.5) is 23.2 Å². The highest BCUT2D eigenvalue weighted by atomic mass is 32.2. The zero-order chi connectivity index (χ0) is 14.9. The van der Waals surface area contributed by atoms with Crippen molar-refractivity contribution in [3.8, 4) is 0 Å². The molecule has 20 heavy (non-hydrogen) atoms. The molecule has 1 aromatic rings. The molecule has 2 rings (SSSR count). The Hall–Kier alpha value is -1.44. The smallest absolute Gasteiger partial charge is 0.344 e. The third-order valence-corrected chi connectivity index (χ3v) is 4.82. The molecule has 0 aliphatic carbocycles. The maximum Gasteiger partial charge on any atom is 0.344 e. The molecule has 1 aliphatic heterocycles. The van der Waals surface area contributed by atoms with Gasteiger partial charge in [-0.3, -0.25) is 0 Å². The van der Waals surface area contributed by atoms with Gasteiger partial charge in [0.05, 0.1) is 7.11 Å². The van der Waals surface area contributed by atoms with E-state index in [0.29, 0.717) is 11.5 Å². The molecular formula is C12H11F4NO2S. The van der Waals surface area contributed by atoms with Gasteiger partial charge in [0.2, 0.25) is 0 Å². The van der Waals surface area contributed by atoms with Crippen LogP contribution in [0.5, 0.6) is 0 Å². The van der Waals surface area contributed by atoms with Gasteiger partial charge in [-0.05, 0) is 12.8 Å². The van der Waals surface area contributed by atoms with Crippen LogP contribution in [0.3, 0.4) is 0 Å². The number of carbonyl (C=O) groups excluding carboxylic acids is 1. The normalized spacial score (nSPS) is 15.4. The number of carbonyl (C=O) groups is 1. The van der Waals surface area contributed by atoms with Gasteiger partial charge in [-0.1, -0.05) is 10.7 Å². The Morgan fingerprint density at radius 2 is 1.55 bits per heavy atom. The average Bonchev–Trinajstić information content (AvgIpc) is 2.94. The van der Waals surface area contributed by atoms with Gasteiger partial charge in [0.15, 0.2) is 23.3 Å². The number of methoxy groups -OCH3 is 1. The minimum Gasteiger partial charge on any atom is -0.465 e. The first kappa shape index (κ1) is 15.0. The number of nitrogens with zero attached hydrogens (tertiary/aromatic N) is 1. The molecule has 0 N–H and O–H groups in total. The van der Waals surface area contributed by atoms with Gasteiger partial charge in [-0.2, -0.15) is 0 Å². The van der Waals surface area contributed by atoms with Crippen LogP contribution in [-0.4, -0.2) is 24.6 Å². The predicted octanol–water partition coefficient (Wildman–Crippen LogP) is 3.26. The molecule has 0 unspecified atom stereocenters. The Labute approximate surface area is 115 Å². The minimum absolute atomic E-state index is 0.639. The summed E-state index contributed by atoms with van der Waals surface area (Å²) in [5.74, 6) is -7.09. The molecule has 1 heterocycles. The van der Waals surface area contributed by atoms with Gasteiger partial charge in [0, 0.05) is 11.5 Å². The van der Waals surface area contributed by atoms with Crippen LogP contribution in [0.1, 0.15) is 23.2 Å². The van der Waals surface area contributed by atoms with Gasteiger partial charge in [-0.25, -0.2) is 26.7 Å². The van der Waals surface area contributed by atoms with E-state index >= 15 is 0 Å². The summed E-state index contributed by atoms with van der Waals surface area (Å²) in [5.41, 5.74) is -2.37.